The second-order valence-corrected chi connectivity index (χ2v) is 7.64. The minimum absolute atomic E-state index is 0.0987. The molecule has 1 unspecified atom stereocenters. The largest absolute Gasteiger partial charge is 0.363 e. The normalized spacial score (nSPS) is 16.2. The van der Waals surface area contributed by atoms with Crippen LogP contribution in [0.3, 0.4) is 0 Å². The number of halogens is 1. The van der Waals surface area contributed by atoms with Gasteiger partial charge in [0.15, 0.2) is 0 Å². The lowest BCUT2D eigenvalue weighted by Crippen LogP contribution is -2.19. The van der Waals surface area contributed by atoms with E-state index in [4.69, 9.17) is 4.98 Å². The van der Waals surface area contributed by atoms with Crippen LogP contribution in [-0.4, -0.2) is 29.0 Å². The van der Waals surface area contributed by atoms with E-state index >= 15 is 0 Å². The summed E-state index contributed by atoms with van der Waals surface area (Å²) in [4.78, 5) is 17.0. The molecule has 0 aliphatic heterocycles. The van der Waals surface area contributed by atoms with Gasteiger partial charge in [-0.25, -0.2) is 14.4 Å². The Hall–Kier alpha value is -2.54. The summed E-state index contributed by atoms with van der Waals surface area (Å²) in [6.45, 7) is 0. The molecule has 4 rings (SSSR count). The van der Waals surface area contributed by atoms with Gasteiger partial charge in [0.25, 0.3) is 0 Å². The van der Waals surface area contributed by atoms with Crippen LogP contribution in [0, 0.1) is 5.82 Å². The van der Waals surface area contributed by atoms with Gasteiger partial charge < -0.3 is 10.2 Å². The van der Waals surface area contributed by atoms with Gasteiger partial charge >= 0.3 is 0 Å². The third kappa shape index (κ3) is 3.39. The lowest BCUT2D eigenvalue weighted by atomic mass is 9.98. The molecule has 2 aromatic heterocycles. The summed E-state index contributed by atoms with van der Waals surface area (Å²) in [5.41, 5.74) is 2.02. The van der Waals surface area contributed by atoms with Crippen molar-refractivity contribution in [3.05, 3.63) is 52.9 Å². The Morgan fingerprint density at radius 1 is 1.15 bits per heavy atom. The number of aromatic nitrogens is 3. The summed E-state index contributed by atoms with van der Waals surface area (Å²) in [5.74, 6) is 1.25. The molecule has 0 saturated carbocycles. The molecule has 7 heteroatoms. The highest BCUT2D eigenvalue weighted by Gasteiger charge is 2.25. The molecule has 3 aromatic rings. The summed E-state index contributed by atoms with van der Waals surface area (Å²) < 4.78 is 13.2. The maximum Gasteiger partial charge on any atom is 0.225 e. The van der Waals surface area contributed by atoms with Crippen molar-refractivity contribution in [1.29, 1.82) is 0 Å². The molecule has 1 aromatic carbocycles. The molecule has 1 atom stereocenters. The number of thiazole rings is 1. The number of benzene rings is 1. The van der Waals surface area contributed by atoms with Gasteiger partial charge in [0.05, 0.1) is 11.7 Å². The van der Waals surface area contributed by atoms with Crippen LogP contribution in [0.2, 0.25) is 0 Å². The highest BCUT2D eigenvalue weighted by Crippen LogP contribution is 2.38. The van der Waals surface area contributed by atoms with Gasteiger partial charge in [-0.1, -0.05) is 0 Å². The summed E-state index contributed by atoms with van der Waals surface area (Å²) in [7, 11) is 3.92. The minimum Gasteiger partial charge on any atom is -0.363 e. The van der Waals surface area contributed by atoms with Gasteiger partial charge in [0.1, 0.15) is 16.6 Å². The van der Waals surface area contributed by atoms with E-state index in [0.29, 0.717) is 5.95 Å². The zero-order valence-electron chi connectivity index (χ0n) is 14.7. The molecule has 0 radical (unpaired) electrons. The average Bonchev–Trinajstić information content (AvgIpc) is 3.08. The number of aryl methyl sites for hydroxylation is 1. The Morgan fingerprint density at radius 3 is 2.73 bits per heavy atom. The number of rotatable bonds is 4. The fourth-order valence-electron chi connectivity index (χ4n) is 3.10. The van der Waals surface area contributed by atoms with Gasteiger partial charge in [-0.05, 0) is 49.6 Å². The summed E-state index contributed by atoms with van der Waals surface area (Å²) in [6.07, 6.45) is 4.89. The highest BCUT2D eigenvalue weighted by molar-refractivity contribution is 7.15. The smallest absolute Gasteiger partial charge is 0.225 e. The van der Waals surface area contributed by atoms with Crippen LogP contribution in [0.15, 0.2) is 36.5 Å². The Labute approximate surface area is 156 Å². The average molecular weight is 369 g/mol. The number of hydrogen-bond acceptors (Lipinski definition) is 6. The predicted octanol–water partition coefficient (Wildman–Crippen LogP) is 4.29. The van der Waals surface area contributed by atoms with Crippen LogP contribution >= 0.6 is 11.3 Å². The lowest BCUT2D eigenvalue weighted by molar-refractivity contribution is 0.590. The fraction of sp³-hybridized carbons (Fsp3) is 0.316. The van der Waals surface area contributed by atoms with Crippen LogP contribution in [0.5, 0.6) is 0 Å². The molecule has 5 nitrogen and oxygen atoms in total. The van der Waals surface area contributed by atoms with Crippen molar-refractivity contribution >= 4 is 23.1 Å². The molecule has 0 bridgehead atoms. The number of fused-ring (bicyclic) bond motifs is 1. The number of hydrogen-bond donors (Lipinski definition) is 1. The molecular formula is C19H20FN5S. The van der Waals surface area contributed by atoms with E-state index in [1.165, 1.54) is 17.0 Å². The van der Waals surface area contributed by atoms with Crippen molar-refractivity contribution in [2.45, 2.75) is 25.3 Å². The molecule has 0 saturated heterocycles. The van der Waals surface area contributed by atoms with E-state index < -0.39 is 0 Å². The van der Waals surface area contributed by atoms with Gasteiger partial charge in [0.2, 0.25) is 5.95 Å². The maximum atomic E-state index is 13.2. The van der Waals surface area contributed by atoms with Crippen LogP contribution in [0.25, 0.3) is 10.6 Å². The van der Waals surface area contributed by atoms with Crippen molar-refractivity contribution in [1.82, 2.24) is 15.0 Å². The van der Waals surface area contributed by atoms with Crippen LogP contribution in [0.1, 0.15) is 29.5 Å². The third-order valence-electron chi connectivity index (χ3n) is 4.45. The van der Waals surface area contributed by atoms with E-state index in [1.807, 2.05) is 25.1 Å². The monoisotopic (exact) mass is 369 g/mol. The van der Waals surface area contributed by atoms with Gasteiger partial charge in [-0.3, -0.25) is 0 Å². The van der Waals surface area contributed by atoms with Crippen molar-refractivity contribution in [2.75, 3.05) is 24.3 Å². The Morgan fingerprint density at radius 2 is 1.96 bits per heavy atom. The first kappa shape index (κ1) is 16.9. The molecule has 1 aliphatic carbocycles. The molecule has 0 fully saturated rings. The first-order chi connectivity index (χ1) is 12.6. The minimum atomic E-state index is -0.229. The van der Waals surface area contributed by atoms with E-state index in [-0.39, 0.29) is 11.9 Å². The zero-order chi connectivity index (χ0) is 18.1. The topological polar surface area (TPSA) is 53.9 Å². The first-order valence-corrected chi connectivity index (χ1v) is 9.44. The fourth-order valence-corrected chi connectivity index (χ4v) is 4.27. The van der Waals surface area contributed by atoms with Crippen molar-refractivity contribution in [3.8, 4) is 10.6 Å². The summed E-state index contributed by atoms with van der Waals surface area (Å²) in [5, 5.41) is 4.38. The van der Waals surface area contributed by atoms with E-state index in [2.05, 4.69) is 15.3 Å². The SMILES string of the molecule is CN(C)c1ccnc(NC2CCCc3sc(-c4ccc(F)cc4)nc32)n1. The van der Waals surface area contributed by atoms with Crippen molar-refractivity contribution in [2.24, 2.45) is 0 Å². The highest BCUT2D eigenvalue weighted by atomic mass is 32.1. The van der Waals surface area contributed by atoms with Gasteiger partial charge in [-0.2, -0.15) is 4.98 Å². The first-order valence-electron chi connectivity index (χ1n) is 8.62. The van der Waals surface area contributed by atoms with Crippen molar-refractivity contribution < 1.29 is 4.39 Å². The molecular weight excluding hydrogens is 349 g/mol. The van der Waals surface area contributed by atoms with Crippen molar-refractivity contribution in [3.63, 3.8) is 0 Å². The van der Waals surface area contributed by atoms with Crippen LogP contribution < -0.4 is 10.2 Å². The maximum absolute atomic E-state index is 13.2. The molecule has 134 valence electrons. The lowest BCUT2D eigenvalue weighted by Gasteiger charge is -2.22. The van der Waals surface area contributed by atoms with Crippen LogP contribution in [0.4, 0.5) is 16.2 Å². The zero-order valence-corrected chi connectivity index (χ0v) is 15.6. The number of anilines is 2. The molecule has 1 aliphatic rings. The van der Waals surface area contributed by atoms with Gasteiger partial charge in [0, 0.05) is 30.7 Å². The second-order valence-electron chi connectivity index (χ2n) is 6.56. The molecule has 1 N–H and O–H groups in total. The standard InChI is InChI=1S/C19H20FN5S/c1-25(2)16-10-11-21-19(23-16)22-14-4-3-5-15-17(14)24-18(26-15)12-6-8-13(20)9-7-12/h6-11,14H,3-5H2,1-2H3,(H,21,22,23). The molecule has 0 amide bonds. The Balaban J connectivity index is 1.61. The number of nitrogens with one attached hydrogen (secondary N) is 1. The summed E-state index contributed by atoms with van der Waals surface area (Å²) >= 11 is 1.69. The number of nitrogens with zero attached hydrogens (tertiary/aromatic N) is 4. The second kappa shape index (κ2) is 6.99. The summed E-state index contributed by atoms with van der Waals surface area (Å²) in [6, 6.07) is 8.50. The predicted molar refractivity (Wildman–Crippen MR) is 103 cm³/mol. The van der Waals surface area contributed by atoms with E-state index in [9.17, 15) is 4.39 Å². The Kier molecular flexibility index (Phi) is 4.55. The van der Waals surface area contributed by atoms with E-state index in [1.54, 1.807) is 29.7 Å². The third-order valence-corrected chi connectivity index (χ3v) is 5.63. The van der Waals surface area contributed by atoms with Gasteiger partial charge in [-0.15, -0.1) is 11.3 Å². The molecule has 2 heterocycles. The Bertz CT molecular complexity index is 907. The van der Waals surface area contributed by atoms with Crippen LogP contribution in [-0.2, 0) is 6.42 Å². The molecule has 0 spiro atoms. The molecule has 26 heavy (non-hydrogen) atoms. The quantitative estimate of drug-likeness (QED) is 0.743. The van der Waals surface area contributed by atoms with E-state index in [0.717, 1.165) is 41.3 Å².